The molecule has 2 aromatic rings. The van der Waals surface area contributed by atoms with Crippen molar-refractivity contribution in [3.8, 4) is 17.6 Å². The second kappa shape index (κ2) is 9.66. The molecule has 1 heterocycles. The highest BCUT2D eigenvalue weighted by Crippen LogP contribution is 2.30. The standard InChI is InChI=1S/C22H25N3O3S/c1-14-4-5-20-15(8-14)9-16(13-23)22(25-20)29-7-6-21(26)24-17-10-18(27-2)12-19(11-17)28-3/h9-12,14H,4-8H2,1-3H3,(H,24,26). The third-order valence-electron chi connectivity index (χ3n) is 4.92. The Morgan fingerprint density at radius 3 is 2.66 bits per heavy atom. The summed E-state index contributed by atoms with van der Waals surface area (Å²) < 4.78 is 10.4. The number of aromatic nitrogens is 1. The molecule has 1 unspecified atom stereocenters. The molecule has 1 aliphatic carbocycles. The summed E-state index contributed by atoms with van der Waals surface area (Å²) in [6.07, 6.45) is 3.37. The van der Waals surface area contributed by atoms with Crippen LogP contribution in [0.4, 0.5) is 5.69 Å². The predicted molar refractivity (Wildman–Crippen MR) is 114 cm³/mol. The maximum absolute atomic E-state index is 12.3. The molecule has 7 heteroatoms. The summed E-state index contributed by atoms with van der Waals surface area (Å²) in [7, 11) is 3.13. The number of hydrogen-bond acceptors (Lipinski definition) is 6. The fraction of sp³-hybridized carbons (Fsp3) is 0.409. The van der Waals surface area contributed by atoms with E-state index in [0.29, 0.717) is 40.8 Å². The van der Waals surface area contributed by atoms with Gasteiger partial charge in [0.2, 0.25) is 5.91 Å². The number of fused-ring (bicyclic) bond motifs is 1. The molecule has 0 aliphatic heterocycles. The zero-order valence-corrected chi connectivity index (χ0v) is 17.8. The number of hydrogen-bond donors (Lipinski definition) is 1. The van der Waals surface area contributed by atoms with E-state index in [2.05, 4.69) is 18.3 Å². The van der Waals surface area contributed by atoms with Gasteiger partial charge >= 0.3 is 0 Å². The fourth-order valence-corrected chi connectivity index (χ4v) is 4.28. The number of ether oxygens (including phenoxy) is 2. The second-order valence-corrected chi connectivity index (χ2v) is 8.24. The minimum atomic E-state index is -0.113. The van der Waals surface area contributed by atoms with E-state index in [1.54, 1.807) is 32.4 Å². The van der Waals surface area contributed by atoms with Gasteiger partial charge in [0.05, 0.1) is 19.8 Å². The van der Waals surface area contributed by atoms with Gasteiger partial charge in [-0.1, -0.05) is 6.92 Å². The number of anilines is 1. The maximum atomic E-state index is 12.3. The monoisotopic (exact) mass is 411 g/mol. The van der Waals surface area contributed by atoms with E-state index < -0.39 is 0 Å². The van der Waals surface area contributed by atoms with Gasteiger partial charge in [0.1, 0.15) is 22.6 Å². The van der Waals surface area contributed by atoms with Crippen molar-refractivity contribution in [2.75, 3.05) is 25.3 Å². The van der Waals surface area contributed by atoms with Crippen molar-refractivity contribution in [1.82, 2.24) is 4.98 Å². The minimum Gasteiger partial charge on any atom is -0.497 e. The number of carbonyl (C=O) groups is 1. The summed E-state index contributed by atoms with van der Waals surface area (Å²) in [6, 6.07) is 9.46. The lowest BCUT2D eigenvalue weighted by Gasteiger charge is -2.21. The van der Waals surface area contributed by atoms with E-state index >= 15 is 0 Å². The molecule has 1 aromatic carbocycles. The van der Waals surface area contributed by atoms with E-state index in [1.807, 2.05) is 6.07 Å². The first-order valence-electron chi connectivity index (χ1n) is 9.61. The van der Waals surface area contributed by atoms with Gasteiger partial charge in [-0.05, 0) is 36.8 Å². The summed E-state index contributed by atoms with van der Waals surface area (Å²) >= 11 is 1.46. The molecule has 0 saturated carbocycles. The average molecular weight is 412 g/mol. The van der Waals surface area contributed by atoms with Crippen LogP contribution in [-0.2, 0) is 17.6 Å². The molecule has 1 aromatic heterocycles. The third-order valence-corrected chi connectivity index (χ3v) is 5.91. The molecule has 1 N–H and O–H groups in total. The Morgan fingerprint density at radius 2 is 2.00 bits per heavy atom. The molecule has 1 atom stereocenters. The number of nitrogens with zero attached hydrogens (tertiary/aromatic N) is 2. The lowest BCUT2D eigenvalue weighted by atomic mass is 9.87. The summed E-state index contributed by atoms with van der Waals surface area (Å²) in [5.41, 5.74) is 3.50. The molecule has 1 amide bonds. The number of thioether (sulfide) groups is 1. The molecule has 0 bridgehead atoms. The van der Waals surface area contributed by atoms with Crippen LogP contribution in [0.3, 0.4) is 0 Å². The van der Waals surface area contributed by atoms with Crippen LogP contribution in [0.2, 0.25) is 0 Å². The number of benzene rings is 1. The molecule has 1 aliphatic rings. The summed E-state index contributed by atoms with van der Waals surface area (Å²) in [4.78, 5) is 17.1. The normalized spacial score (nSPS) is 15.2. The van der Waals surface area contributed by atoms with Crippen molar-refractivity contribution in [1.29, 1.82) is 5.26 Å². The van der Waals surface area contributed by atoms with Crippen LogP contribution < -0.4 is 14.8 Å². The Hall–Kier alpha value is -2.72. The van der Waals surface area contributed by atoms with Crippen LogP contribution in [0.1, 0.15) is 36.6 Å². The first-order valence-corrected chi connectivity index (χ1v) is 10.6. The van der Waals surface area contributed by atoms with Crippen molar-refractivity contribution in [3.63, 3.8) is 0 Å². The Morgan fingerprint density at radius 1 is 1.28 bits per heavy atom. The zero-order valence-electron chi connectivity index (χ0n) is 16.9. The van der Waals surface area contributed by atoms with E-state index in [9.17, 15) is 10.1 Å². The highest BCUT2D eigenvalue weighted by atomic mass is 32.2. The zero-order chi connectivity index (χ0) is 20.8. The highest BCUT2D eigenvalue weighted by molar-refractivity contribution is 7.99. The Bertz CT molecular complexity index is 917. The third kappa shape index (κ3) is 5.42. The van der Waals surface area contributed by atoms with Crippen LogP contribution in [0.15, 0.2) is 29.3 Å². The van der Waals surface area contributed by atoms with E-state index in [0.717, 1.165) is 30.0 Å². The number of aryl methyl sites for hydroxylation is 1. The quantitative estimate of drug-likeness (QED) is 0.687. The van der Waals surface area contributed by atoms with E-state index in [1.165, 1.54) is 17.3 Å². The van der Waals surface area contributed by atoms with Crippen LogP contribution in [0.25, 0.3) is 0 Å². The van der Waals surface area contributed by atoms with Crippen molar-refractivity contribution >= 4 is 23.4 Å². The van der Waals surface area contributed by atoms with Gasteiger partial charge in [-0.15, -0.1) is 11.8 Å². The predicted octanol–water partition coefficient (Wildman–Crippen LogP) is 4.22. The lowest BCUT2D eigenvalue weighted by molar-refractivity contribution is -0.115. The first-order chi connectivity index (χ1) is 14.0. The number of rotatable bonds is 7. The van der Waals surface area contributed by atoms with Crippen molar-refractivity contribution in [3.05, 3.63) is 41.1 Å². The number of methoxy groups -OCH3 is 2. The number of amides is 1. The van der Waals surface area contributed by atoms with Crippen molar-refractivity contribution < 1.29 is 14.3 Å². The largest absolute Gasteiger partial charge is 0.497 e. The minimum absolute atomic E-state index is 0.113. The highest BCUT2D eigenvalue weighted by Gasteiger charge is 2.19. The fourth-order valence-electron chi connectivity index (χ4n) is 3.36. The number of pyridine rings is 1. The molecule has 29 heavy (non-hydrogen) atoms. The summed E-state index contributed by atoms with van der Waals surface area (Å²) in [6.45, 7) is 2.23. The molecule has 0 spiro atoms. The summed E-state index contributed by atoms with van der Waals surface area (Å²) in [5.74, 6) is 2.29. The SMILES string of the molecule is COc1cc(NC(=O)CCSc2nc3c(cc2C#N)CC(C)CC3)cc(OC)c1. The first kappa shape index (κ1) is 21.0. The number of nitriles is 1. The second-order valence-electron chi connectivity index (χ2n) is 7.15. The number of carbonyl (C=O) groups excluding carboxylic acids is 1. The van der Waals surface area contributed by atoms with Crippen LogP contribution in [0.5, 0.6) is 11.5 Å². The van der Waals surface area contributed by atoms with Crippen molar-refractivity contribution in [2.24, 2.45) is 5.92 Å². The van der Waals surface area contributed by atoms with Crippen molar-refractivity contribution in [2.45, 2.75) is 37.6 Å². The topological polar surface area (TPSA) is 84.2 Å². The molecular formula is C22H25N3O3S. The Labute approximate surface area is 175 Å². The molecule has 152 valence electrons. The Kier molecular flexibility index (Phi) is 6.99. The van der Waals surface area contributed by atoms with Gasteiger partial charge in [-0.2, -0.15) is 5.26 Å². The van der Waals surface area contributed by atoms with Gasteiger partial charge < -0.3 is 14.8 Å². The van der Waals surface area contributed by atoms with Crippen LogP contribution in [0, 0.1) is 17.2 Å². The van der Waals surface area contributed by atoms with Gasteiger partial charge in [0.25, 0.3) is 0 Å². The maximum Gasteiger partial charge on any atom is 0.225 e. The smallest absolute Gasteiger partial charge is 0.225 e. The van der Waals surface area contributed by atoms with Gasteiger partial charge in [-0.25, -0.2) is 4.98 Å². The van der Waals surface area contributed by atoms with Gasteiger partial charge in [0.15, 0.2) is 0 Å². The molecular weight excluding hydrogens is 386 g/mol. The van der Waals surface area contributed by atoms with Gasteiger partial charge in [0, 0.05) is 41.8 Å². The molecule has 0 saturated heterocycles. The molecule has 3 rings (SSSR count). The number of nitrogens with one attached hydrogen (secondary N) is 1. The Balaban J connectivity index is 1.60. The lowest BCUT2D eigenvalue weighted by Crippen LogP contribution is -2.14. The van der Waals surface area contributed by atoms with Crippen LogP contribution in [-0.4, -0.2) is 30.9 Å². The average Bonchev–Trinajstić information content (AvgIpc) is 2.72. The van der Waals surface area contributed by atoms with E-state index in [4.69, 9.17) is 14.5 Å². The molecule has 0 radical (unpaired) electrons. The summed E-state index contributed by atoms with van der Waals surface area (Å²) in [5, 5.41) is 13.1. The molecule has 6 nitrogen and oxygen atoms in total. The van der Waals surface area contributed by atoms with Gasteiger partial charge in [-0.3, -0.25) is 4.79 Å². The molecule has 0 fully saturated rings. The van der Waals surface area contributed by atoms with Crippen LogP contribution >= 0.6 is 11.8 Å². The van der Waals surface area contributed by atoms with E-state index in [-0.39, 0.29) is 5.91 Å².